The first kappa shape index (κ1) is 18.9. The number of benzene rings is 1. The van der Waals surface area contributed by atoms with Crippen molar-refractivity contribution < 1.29 is 4.79 Å². The van der Waals surface area contributed by atoms with Crippen LogP contribution in [-0.2, 0) is 6.42 Å². The van der Waals surface area contributed by atoms with Gasteiger partial charge in [0.05, 0.1) is 12.4 Å². The Bertz CT molecular complexity index is 746. The van der Waals surface area contributed by atoms with Gasteiger partial charge in [0.15, 0.2) is 0 Å². The molecule has 1 fully saturated rings. The third kappa shape index (κ3) is 5.32. The first-order chi connectivity index (χ1) is 12.6. The van der Waals surface area contributed by atoms with E-state index in [1.807, 2.05) is 12.1 Å². The number of rotatable bonds is 6. The maximum atomic E-state index is 12.2. The zero-order valence-electron chi connectivity index (χ0n) is 14.5. The lowest BCUT2D eigenvalue weighted by Crippen LogP contribution is -2.36. The summed E-state index contributed by atoms with van der Waals surface area (Å²) >= 11 is 12.1. The van der Waals surface area contributed by atoms with Crippen LogP contribution in [0.5, 0.6) is 0 Å². The molecule has 0 radical (unpaired) electrons. The van der Waals surface area contributed by atoms with Crippen LogP contribution >= 0.6 is 23.2 Å². The highest BCUT2D eigenvalue weighted by Gasteiger charge is 2.17. The molecule has 7 heteroatoms. The van der Waals surface area contributed by atoms with E-state index in [9.17, 15) is 4.79 Å². The summed E-state index contributed by atoms with van der Waals surface area (Å²) in [5.41, 5.74) is 1.36. The first-order valence-electron chi connectivity index (χ1n) is 8.92. The molecule has 0 atom stereocenters. The summed E-state index contributed by atoms with van der Waals surface area (Å²) in [6, 6.07) is 5.73. The van der Waals surface area contributed by atoms with E-state index >= 15 is 0 Å². The number of aromatic nitrogens is 2. The summed E-state index contributed by atoms with van der Waals surface area (Å²) in [4.78, 5) is 20.7. The Kier molecular flexibility index (Phi) is 6.69. The summed E-state index contributed by atoms with van der Waals surface area (Å²) in [5, 5.41) is 7.51. The lowest BCUT2D eigenvalue weighted by molar-refractivity contribution is 0.0922. The second-order valence-electron chi connectivity index (χ2n) is 6.51. The third-order valence-corrected chi connectivity index (χ3v) is 5.13. The van der Waals surface area contributed by atoms with Crippen molar-refractivity contribution in [2.75, 3.05) is 11.9 Å². The molecule has 1 aromatic heterocycles. The van der Waals surface area contributed by atoms with Gasteiger partial charge < -0.3 is 10.6 Å². The molecule has 1 heterocycles. The number of anilines is 1. The first-order valence-corrected chi connectivity index (χ1v) is 9.68. The maximum absolute atomic E-state index is 12.2. The second-order valence-corrected chi connectivity index (χ2v) is 7.35. The van der Waals surface area contributed by atoms with Gasteiger partial charge in [-0.25, -0.2) is 9.97 Å². The summed E-state index contributed by atoms with van der Waals surface area (Å²) in [7, 11) is 0. The number of amides is 1. The van der Waals surface area contributed by atoms with Crippen LogP contribution in [0.4, 0.5) is 5.82 Å². The standard InChI is InChI=1S/C19H22Cl2N4O/c20-14-7-6-13(16(21)10-14)8-9-22-18-12-23-17(11-24-18)19(26)25-15-4-2-1-3-5-15/h6-7,10-12,15H,1-5,8-9H2,(H,22,24)(H,25,26). The maximum Gasteiger partial charge on any atom is 0.271 e. The predicted molar refractivity (Wildman–Crippen MR) is 105 cm³/mol. The van der Waals surface area contributed by atoms with Crippen molar-refractivity contribution >= 4 is 34.9 Å². The van der Waals surface area contributed by atoms with Gasteiger partial charge in [0, 0.05) is 22.6 Å². The minimum Gasteiger partial charge on any atom is -0.368 e. The molecule has 26 heavy (non-hydrogen) atoms. The Morgan fingerprint density at radius 2 is 1.92 bits per heavy atom. The quantitative estimate of drug-likeness (QED) is 0.758. The summed E-state index contributed by atoms with van der Waals surface area (Å²) in [6.07, 6.45) is 9.54. The zero-order valence-corrected chi connectivity index (χ0v) is 16.0. The van der Waals surface area contributed by atoms with Gasteiger partial charge in [-0.2, -0.15) is 0 Å². The number of halogens is 2. The minimum absolute atomic E-state index is 0.149. The highest BCUT2D eigenvalue weighted by Crippen LogP contribution is 2.21. The van der Waals surface area contributed by atoms with E-state index < -0.39 is 0 Å². The molecule has 2 N–H and O–H groups in total. The third-order valence-electron chi connectivity index (χ3n) is 4.54. The van der Waals surface area contributed by atoms with E-state index in [0.717, 1.165) is 24.8 Å². The number of nitrogens with zero attached hydrogens (tertiary/aromatic N) is 2. The number of carbonyl (C=O) groups excluding carboxylic acids is 1. The topological polar surface area (TPSA) is 66.9 Å². The molecule has 1 aliphatic carbocycles. The molecule has 0 aliphatic heterocycles. The Hall–Kier alpha value is -1.85. The van der Waals surface area contributed by atoms with Crippen molar-refractivity contribution in [1.82, 2.24) is 15.3 Å². The van der Waals surface area contributed by atoms with Crippen molar-refractivity contribution in [2.45, 2.75) is 44.6 Å². The number of nitrogens with one attached hydrogen (secondary N) is 2. The van der Waals surface area contributed by atoms with Gasteiger partial charge in [-0.15, -0.1) is 0 Å². The van der Waals surface area contributed by atoms with Gasteiger partial charge in [0.1, 0.15) is 11.5 Å². The predicted octanol–water partition coefficient (Wildman–Crippen LogP) is 4.50. The van der Waals surface area contributed by atoms with Crippen LogP contribution in [0.3, 0.4) is 0 Å². The molecule has 0 unspecified atom stereocenters. The lowest BCUT2D eigenvalue weighted by atomic mass is 9.95. The van der Waals surface area contributed by atoms with Crippen LogP contribution in [0.15, 0.2) is 30.6 Å². The Balaban J connectivity index is 1.48. The molecular formula is C19H22Cl2N4O. The average molecular weight is 393 g/mol. The van der Waals surface area contributed by atoms with E-state index in [2.05, 4.69) is 20.6 Å². The molecule has 3 rings (SSSR count). The molecule has 2 aromatic rings. The van der Waals surface area contributed by atoms with Gasteiger partial charge in [0.25, 0.3) is 5.91 Å². The Labute approximate surface area is 163 Å². The molecule has 0 saturated heterocycles. The molecule has 1 amide bonds. The second kappa shape index (κ2) is 9.19. The van der Waals surface area contributed by atoms with Crippen LogP contribution in [0.2, 0.25) is 10.0 Å². The van der Waals surface area contributed by atoms with E-state index in [-0.39, 0.29) is 11.9 Å². The van der Waals surface area contributed by atoms with Crippen LogP contribution in [-0.4, -0.2) is 28.5 Å². The molecule has 1 aromatic carbocycles. The fourth-order valence-electron chi connectivity index (χ4n) is 3.09. The fraction of sp³-hybridized carbons (Fsp3) is 0.421. The molecule has 5 nitrogen and oxygen atoms in total. The van der Waals surface area contributed by atoms with Crippen molar-refractivity contribution in [2.24, 2.45) is 0 Å². The lowest BCUT2D eigenvalue weighted by Gasteiger charge is -2.22. The van der Waals surface area contributed by atoms with E-state index in [1.165, 1.54) is 25.5 Å². The molecule has 1 aliphatic rings. The number of hydrogen-bond donors (Lipinski definition) is 2. The van der Waals surface area contributed by atoms with Gasteiger partial charge in [0.2, 0.25) is 0 Å². The van der Waals surface area contributed by atoms with Crippen molar-refractivity contribution in [3.63, 3.8) is 0 Å². The number of carbonyl (C=O) groups is 1. The van der Waals surface area contributed by atoms with Crippen molar-refractivity contribution in [3.8, 4) is 0 Å². The SMILES string of the molecule is O=C(NC1CCCCC1)c1cnc(NCCc2ccc(Cl)cc2Cl)cn1. The van der Waals surface area contributed by atoms with Crippen molar-refractivity contribution in [1.29, 1.82) is 0 Å². The fourth-order valence-corrected chi connectivity index (χ4v) is 3.60. The van der Waals surface area contributed by atoms with Crippen LogP contribution in [0, 0.1) is 0 Å². The van der Waals surface area contributed by atoms with Gasteiger partial charge in [-0.1, -0.05) is 48.5 Å². The molecular weight excluding hydrogens is 371 g/mol. The van der Waals surface area contributed by atoms with Gasteiger partial charge >= 0.3 is 0 Å². The smallest absolute Gasteiger partial charge is 0.271 e. The normalized spacial score (nSPS) is 14.8. The minimum atomic E-state index is -0.149. The molecule has 138 valence electrons. The van der Waals surface area contributed by atoms with Crippen LogP contribution in [0.1, 0.15) is 48.2 Å². The molecule has 0 spiro atoms. The van der Waals surface area contributed by atoms with Crippen molar-refractivity contribution in [3.05, 3.63) is 51.9 Å². The monoisotopic (exact) mass is 392 g/mol. The Morgan fingerprint density at radius 3 is 2.62 bits per heavy atom. The summed E-state index contributed by atoms with van der Waals surface area (Å²) in [6.45, 7) is 0.656. The summed E-state index contributed by atoms with van der Waals surface area (Å²) in [5.74, 6) is 0.480. The largest absolute Gasteiger partial charge is 0.368 e. The summed E-state index contributed by atoms with van der Waals surface area (Å²) < 4.78 is 0. The Morgan fingerprint density at radius 1 is 1.12 bits per heavy atom. The van der Waals surface area contributed by atoms with E-state index in [0.29, 0.717) is 28.1 Å². The van der Waals surface area contributed by atoms with Crippen LogP contribution in [0.25, 0.3) is 0 Å². The zero-order chi connectivity index (χ0) is 18.4. The highest BCUT2D eigenvalue weighted by atomic mass is 35.5. The van der Waals surface area contributed by atoms with Gasteiger partial charge in [-0.05, 0) is 37.0 Å². The van der Waals surface area contributed by atoms with E-state index in [4.69, 9.17) is 23.2 Å². The molecule has 0 bridgehead atoms. The average Bonchev–Trinajstić information content (AvgIpc) is 2.65. The van der Waals surface area contributed by atoms with E-state index in [1.54, 1.807) is 12.3 Å². The molecule has 1 saturated carbocycles. The van der Waals surface area contributed by atoms with Crippen LogP contribution < -0.4 is 10.6 Å². The van der Waals surface area contributed by atoms with Gasteiger partial charge in [-0.3, -0.25) is 4.79 Å². The number of hydrogen-bond acceptors (Lipinski definition) is 4. The highest BCUT2D eigenvalue weighted by molar-refractivity contribution is 6.35.